The molecule has 1 amide bonds. The predicted octanol–water partition coefficient (Wildman–Crippen LogP) is 3.25. The Balaban J connectivity index is 1.65. The van der Waals surface area contributed by atoms with Crippen molar-refractivity contribution in [2.75, 3.05) is 20.6 Å². The lowest BCUT2D eigenvalue weighted by Crippen LogP contribution is -2.47. The maximum atomic E-state index is 12.6. The number of thiazole rings is 1. The summed E-state index contributed by atoms with van der Waals surface area (Å²) < 4.78 is 0. The van der Waals surface area contributed by atoms with Crippen molar-refractivity contribution in [2.24, 2.45) is 0 Å². The number of likely N-dealkylation sites (N-methyl/N-ethyl adjacent to an activating group) is 2. The number of carbonyl (C=O) groups is 1. The van der Waals surface area contributed by atoms with Crippen LogP contribution in [0.1, 0.15) is 25.0 Å². The van der Waals surface area contributed by atoms with Gasteiger partial charge in [0.15, 0.2) is 0 Å². The number of carbonyl (C=O) groups excluding carboxylic acids is 1. The van der Waals surface area contributed by atoms with Gasteiger partial charge in [0.25, 0.3) is 0 Å². The first kappa shape index (κ1) is 16.1. The fourth-order valence-electron chi connectivity index (χ4n) is 3.06. The Labute approximate surface area is 141 Å². The van der Waals surface area contributed by atoms with Crippen LogP contribution in [0, 0.1) is 0 Å². The lowest BCUT2D eigenvalue weighted by atomic mass is 10.0. The monoisotopic (exact) mass is 329 g/mol. The van der Waals surface area contributed by atoms with Gasteiger partial charge >= 0.3 is 0 Å². The quantitative estimate of drug-likeness (QED) is 0.864. The highest BCUT2D eigenvalue weighted by Crippen LogP contribution is 2.24. The van der Waals surface area contributed by atoms with Crippen LogP contribution in [0.25, 0.3) is 10.6 Å². The third-order valence-electron chi connectivity index (χ3n) is 4.40. The summed E-state index contributed by atoms with van der Waals surface area (Å²) in [5, 5.41) is 3.06. The fourth-order valence-corrected chi connectivity index (χ4v) is 3.87. The third kappa shape index (κ3) is 3.79. The number of rotatable bonds is 4. The van der Waals surface area contributed by atoms with Gasteiger partial charge in [-0.3, -0.25) is 9.69 Å². The number of piperidine rings is 1. The second kappa shape index (κ2) is 7.23. The van der Waals surface area contributed by atoms with E-state index in [0.717, 1.165) is 35.7 Å². The Morgan fingerprint density at radius 1 is 1.35 bits per heavy atom. The molecule has 0 unspecified atom stereocenters. The number of hydrogen-bond acceptors (Lipinski definition) is 4. The summed E-state index contributed by atoms with van der Waals surface area (Å²) in [6.45, 7) is 1.59. The van der Waals surface area contributed by atoms with Gasteiger partial charge in [-0.2, -0.15) is 0 Å². The van der Waals surface area contributed by atoms with E-state index in [4.69, 9.17) is 0 Å². The lowest BCUT2D eigenvalue weighted by molar-refractivity contribution is -0.136. The van der Waals surface area contributed by atoms with Crippen molar-refractivity contribution in [3.63, 3.8) is 0 Å². The van der Waals surface area contributed by atoms with Gasteiger partial charge < -0.3 is 4.90 Å². The van der Waals surface area contributed by atoms with Crippen molar-refractivity contribution in [1.82, 2.24) is 14.8 Å². The Morgan fingerprint density at radius 3 is 2.87 bits per heavy atom. The molecule has 0 spiro atoms. The Morgan fingerprint density at radius 2 is 2.13 bits per heavy atom. The first-order valence-electron chi connectivity index (χ1n) is 8.10. The molecular formula is C18H23N3OS. The summed E-state index contributed by atoms with van der Waals surface area (Å²) in [4.78, 5) is 21.3. The van der Waals surface area contributed by atoms with Crippen molar-refractivity contribution >= 4 is 17.2 Å². The van der Waals surface area contributed by atoms with Gasteiger partial charge in [-0.05, 0) is 26.4 Å². The van der Waals surface area contributed by atoms with Crippen molar-refractivity contribution < 1.29 is 4.79 Å². The molecule has 1 aromatic carbocycles. The van der Waals surface area contributed by atoms with E-state index in [1.54, 1.807) is 11.3 Å². The van der Waals surface area contributed by atoms with Crippen molar-refractivity contribution in [3.05, 3.63) is 41.4 Å². The van der Waals surface area contributed by atoms with E-state index in [-0.39, 0.29) is 11.9 Å². The molecule has 1 saturated heterocycles. The van der Waals surface area contributed by atoms with Gasteiger partial charge in [0.1, 0.15) is 5.01 Å². The maximum Gasteiger partial charge on any atom is 0.240 e. The van der Waals surface area contributed by atoms with Crippen LogP contribution in [-0.2, 0) is 11.3 Å². The van der Waals surface area contributed by atoms with E-state index >= 15 is 0 Å². The molecule has 4 nitrogen and oxygen atoms in total. The molecule has 23 heavy (non-hydrogen) atoms. The summed E-state index contributed by atoms with van der Waals surface area (Å²) in [7, 11) is 3.93. The van der Waals surface area contributed by atoms with E-state index in [9.17, 15) is 4.79 Å². The zero-order chi connectivity index (χ0) is 16.2. The summed E-state index contributed by atoms with van der Waals surface area (Å²) in [6, 6.07) is 10.2. The molecule has 1 aromatic heterocycles. The summed E-state index contributed by atoms with van der Waals surface area (Å²) >= 11 is 1.63. The van der Waals surface area contributed by atoms with Crippen LogP contribution < -0.4 is 0 Å². The summed E-state index contributed by atoms with van der Waals surface area (Å²) in [6.07, 6.45) is 3.30. The minimum Gasteiger partial charge on any atom is -0.338 e. The van der Waals surface area contributed by atoms with E-state index in [1.807, 2.05) is 37.2 Å². The second-order valence-electron chi connectivity index (χ2n) is 6.20. The van der Waals surface area contributed by atoms with Gasteiger partial charge in [0.2, 0.25) is 5.91 Å². The average molecular weight is 329 g/mol. The smallest absolute Gasteiger partial charge is 0.240 e. The number of hydrogen-bond donors (Lipinski definition) is 0. The first-order valence-corrected chi connectivity index (χ1v) is 8.98. The molecule has 1 aliphatic rings. The SMILES string of the molecule is CN(Cc1csc(-c2ccccc2)n1)C(=O)[C@@H]1CCCCN1C. The van der Waals surface area contributed by atoms with E-state index in [0.29, 0.717) is 6.54 Å². The molecule has 0 radical (unpaired) electrons. The molecule has 122 valence electrons. The molecular weight excluding hydrogens is 306 g/mol. The zero-order valence-corrected chi connectivity index (χ0v) is 14.6. The molecule has 3 rings (SSSR count). The molecule has 1 atom stereocenters. The van der Waals surface area contributed by atoms with Crippen molar-refractivity contribution in [2.45, 2.75) is 31.8 Å². The van der Waals surface area contributed by atoms with E-state index in [1.165, 1.54) is 6.42 Å². The van der Waals surface area contributed by atoms with Crippen LogP contribution in [0.3, 0.4) is 0 Å². The highest BCUT2D eigenvalue weighted by atomic mass is 32.1. The van der Waals surface area contributed by atoms with Crippen LogP contribution in [0.2, 0.25) is 0 Å². The van der Waals surface area contributed by atoms with Gasteiger partial charge in [-0.25, -0.2) is 4.98 Å². The topological polar surface area (TPSA) is 36.4 Å². The summed E-state index contributed by atoms with van der Waals surface area (Å²) in [5.74, 6) is 0.210. The van der Waals surface area contributed by atoms with Gasteiger partial charge in [-0.1, -0.05) is 36.8 Å². The lowest BCUT2D eigenvalue weighted by Gasteiger charge is -2.33. The van der Waals surface area contributed by atoms with Gasteiger partial charge in [0.05, 0.1) is 18.3 Å². The molecule has 1 fully saturated rings. The van der Waals surface area contributed by atoms with Crippen LogP contribution >= 0.6 is 11.3 Å². The average Bonchev–Trinajstić information content (AvgIpc) is 3.04. The molecule has 0 saturated carbocycles. The second-order valence-corrected chi connectivity index (χ2v) is 7.05. The van der Waals surface area contributed by atoms with Crippen LogP contribution in [0.4, 0.5) is 0 Å². The van der Waals surface area contributed by atoms with Crippen LogP contribution in [0.15, 0.2) is 35.7 Å². The third-order valence-corrected chi connectivity index (χ3v) is 5.34. The van der Waals surface area contributed by atoms with Crippen molar-refractivity contribution in [3.8, 4) is 10.6 Å². The number of amides is 1. The highest BCUT2D eigenvalue weighted by Gasteiger charge is 2.28. The number of aromatic nitrogens is 1. The van der Waals surface area contributed by atoms with Crippen LogP contribution in [0.5, 0.6) is 0 Å². The Hall–Kier alpha value is -1.72. The minimum atomic E-state index is 0.0287. The van der Waals surface area contributed by atoms with Crippen LogP contribution in [-0.4, -0.2) is 47.4 Å². The number of likely N-dealkylation sites (tertiary alicyclic amines) is 1. The predicted molar refractivity (Wildman–Crippen MR) is 94.3 cm³/mol. The minimum absolute atomic E-state index is 0.0287. The molecule has 0 bridgehead atoms. The maximum absolute atomic E-state index is 12.6. The van der Waals surface area contributed by atoms with E-state index in [2.05, 4.69) is 27.4 Å². The zero-order valence-electron chi connectivity index (χ0n) is 13.7. The summed E-state index contributed by atoms with van der Waals surface area (Å²) in [5.41, 5.74) is 2.09. The standard InChI is InChI=1S/C18H23N3OS/c1-20-11-7-6-10-16(20)18(22)21(2)12-15-13-23-17(19-15)14-8-4-3-5-9-14/h3-5,8-9,13,16H,6-7,10-12H2,1-2H3/t16-/m0/s1. The molecule has 0 aliphatic carbocycles. The molecule has 5 heteroatoms. The number of benzene rings is 1. The largest absolute Gasteiger partial charge is 0.338 e. The Kier molecular flexibility index (Phi) is 5.08. The molecule has 2 aromatic rings. The molecule has 0 N–H and O–H groups in total. The molecule has 1 aliphatic heterocycles. The highest BCUT2D eigenvalue weighted by molar-refractivity contribution is 7.13. The van der Waals surface area contributed by atoms with Gasteiger partial charge in [-0.15, -0.1) is 11.3 Å². The first-order chi connectivity index (χ1) is 11.1. The normalized spacial score (nSPS) is 18.8. The number of nitrogens with zero attached hydrogens (tertiary/aromatic N) is 3. The van der Waals surface area contributed by atoms with Gasteiger partial charge in [0, 0.05) is 18.0 Å². The van der Waals surface area contributed by atoms with E-state index < -0.39 is 0 Å². The molecule has 2 heterocycles. The fraction of sp³-hybridized carbons (Fsp3) is 0.444. The van der Waals surface area contributed by atoms with Crippen molar-refractivity contribution in [1.29, 1.82) is 0 Å². The Bertz CT molecular complexity index is 655.